The third-order valence-electron chi connectivity index (χ3n) is 3.10. The van der Waals surface area contributed by atoms with Crippen molar-refractivity contribution >= 4 is 23.3 Å². The highest BCUT2D eigenvalue weighted by atomic mass is 35.5. The molecule has 2 N–H and O–H groups in total. The summed E-state index contributed by atoms with van der Waals surface area (Å²) in [6, 6.07) is 1.61. The number of nitrogens with one attached hydrogen (secondary N) is 2. The summed E-state index contributed by atoms with van der Waals surface area (Å²) >= 11 is 5.99. The van der Waals surface area contributed by atoms with Crippen molar-refractivity contribution in [1.29, 1.82) is 0 Å². The maximum Gasteiger partial charge on any atom is 0.252 e. The second-order valence-electron chi connectivity index (χ2n) is 4.50. The number of nitrogens with zero attached hydrogens (tertiary/aromatic N) is 1. The van der Waals surface area contributed by atoms with E-state index < -0.39 is 0 Å². The van der Waals surface area contributed by atoms with E-state index in [9.17, 15) is 4.79 Å². The van der Waals surface area contributed by atoms with Gasteiger partial charge in [0.2, 0.25) is 0 Å². The van der Waals surface area contributed by atoms with Gasteiger partial charge in [-0.15, -0.1) is 0 Å². The molecule has 1 atom stereocenters. The highest BCUT2D eigenvalue weighted by Crippen LogP contribution is 2.19. The van der Waals surface area contributed by atoms with Crippen LogP contribution >= 0.6 is 11.6 Å². The lowest BCUT2D eigenvalue weighted by atomic mass is 10.1. The van der Waals surface area contributed by atoms with Crippen LogP contribution in [0.5, 0.6) is 0 Å². The van der Waals surface area contributed by atoms with E-state index in [1.54, 1.807) is 13.1 Å². The number of carbonyl (C=O) groups excluding carboxylic acids is 1. The van der Waals surface area contributed by atoms with Crippen LogP contribution in [0.15, 0.2) is 12.3 Å². The second kappa shape index (κ2) is 6.73. The lowest BCUT2D eigenvalue weighted by molar-refractivity contribution is 0.0169. The average molecular weight is 284 g/mol. The minimum Gasteiger partial charge on any atom is -0.376 e. The van der Waals surface area contributed by atoms with Crippen LogP contribution in [0.1, 0.15) is 29.6 Å². The number of aromatic nitrogens is 1. The first-order valence-corrected chi connectivity index (χ1v) is 6.81. The van der Waals surface area contributed by atoms with Crippen LogP contribution in [0, 0.1) is 0 Å². The summed E-state index contributed by atoms with van der Waals surface area (Å²) in [5, 5.41) is 6.14. The average Bonchev–Trinajstić information content (AvgIpc) is 2.45. The van der Waals surface area contributed by atoms with Gasteiger partial charge < -0.3 is 15.4 Å². The van der Waals surface area contributed by atoms with E-state index in [1.807, 2.05) is 0 Å². The second-order valence-corrected chi connectivity index (χ2v) is 4.91. The SMILES string of the molecule is CNc1ncc(C(=O)NCC2CCCCO2)cc1Cl. The Bertz CT molecular complexity index is 448. The van der Waals surface area contributed by atoms with Gasteiger partial charge in [-0.3, -0.25) is 4.79 Å². The number of carbonyl (C=O) groups is 1. The van der Waals surface area contributed by atoms with Gasteiger partial charge in [0.25, 0.3) is 5.91 Å². The molecular weight excluding hydrogens is 266 g/mol. The molecule has 0 radical (unpaired) electrons. The zero-order valence-electron chi connectivity index (χ0n) is 10.9. The predicted molar refractivity (Wildman–Crippen MR) is 74.7 cm³/mol. The molecule has 0 spiro atoms. The van der Waals surface area contributed by atoms with E-state index >= 15 is 0 Å². The minimum absolute atomic E-state index is 0.123. The van der Waals surface area contributed by atoms with E-state index in [2.05, 4.69) is 15.6 Å². The van der Waals surface area contributed by atoms with Crippen LogP contribution in [0.4, 0.5) is 5.82 Å². The molecule has 6 heteroatoms. The molecule has 1 aliphatic heterocycles. The van der Waals surface area contributed by atoms with E-state index in [0.717, 1.165) is 25.9 Å². The monoisotopic (exact) mass is 283 g/mol. The zero-order chi connectivity index (χ0) is 13.7. The molecule has 19 heavy (non-hydrogen) atoms. The Balaban J connectivity index is 1.90. The Morgan fingerprint density at radius 3 is 3.05 bits per heavy atom. The standard InChI is InChI=1S/C13H18ClN3O2/c1-15-12-11(14)6-9(7-16-12)13(18)17-8-10-4-2-3-5-19-10/h6-7,10H,2-5,8H2,1H3,(H,15,16)(H,17,18). The fourth-order valence-electron chi connectivity index (χ4n) is 2.02. The Kier molecular flexibility index (Phi) is 4.99. The van der Waals surface area contributed by atoms with Crippen molar-refractivity contribution in [2.75, 3.05) is 25.5 Å². The van der Waals surface area contributed by atoms with Crippen molar-refractivity contribution in [3.63, 3.8) is 0 Å². The third-order valence-corrected chi connectivity index (χ3v) is 3.39. The van der Waals surface area contributed by atoms with E-state index in [-0.39, 0.29) is 12.0 Å². The summed E-state index contributed by atoms with van der Waals surface area (Å²) in [6.07, 6.45) is 4.89. The quantitative estimate of drug-likeness (QED) is 0.888. The van der Waals surface area contributed by atoms with Crippen LogP contribution in [0.2, 0.25) is 5.02 Å². The topological polar surface area (TPSA) is 63.2 Å². The third kappa shape index (κ3) is 3.81. The van der Waals surface area contributed by atoms with Crippen molar-refractivity contribution < 1.29 is 9.53 Å². The van der Waals surface area contributed by atoms with Crippen LogP contribution < -0.4 is 10.6 Å². The molecule has 1 aromatic heterocycles. The first kappa shape index (κ1) is 14.1. The van der Waals surface area contributed by atoms with Crippen molar-refractivity contribution in [3.8, 4) is 0 Å². The van der Waals surface area contributed by atoms with E-state index in [1.165, 1.54) is 6.20 Å². The zero-order valence-corrected chi connectivity index (χ0v) is 11.7. The molecule has 1 fully saturated rings. The van der Waals surface area contributed by atoms with Crippen LogP contribution in [-0.2, 0) is 4.74 Å². The van der Waals surface area contributed by atoms with Crippen LogP contribution in [-0.4, -0.2) is 37.2 Å². The maximum atomic E-state index is 12.0. The predicted octanol–water partition coefficient (Wildman–Crippen LogP) is 2.08. The minimum atomic E-state index is -0.175. The molecule has 1 aliphatic rings. The van der Waals surface area contributed by atoms with Crippen molar-refractivity contribution in [2.24, 2.45) is 0 Å². The Morgan fingerprint density at radius 1 is 1.58 bits per heavy atom. The van der Waals surface area contributed by atoms with Gasteiger partial charge in [0.05, 0.1) is 16.7 Å². The first-order chi connectivity index (χ1) is 9.20. The largest absolute Gasteiger partial charge is 0.376 e. The smallest absolute Gasteiger partial charge is 0.252 e. The summed E-state index contributed by atoms with van der Waals surface area (Å²) < 4.78 is 5.56. The summed E-state index contributed by atoms with van der Waals surface area (Å²) in [7, 11) is 1.73. The summed E-state index contributed by atoms with van der Waals surface area (Å²) in [6.45, 7) is 1.31. The first-order valence-electron chi connectivity index (χ1n) is 6.44. The summed E-state index contributed by atoms with van der Waals surface area (Å²) in [5.41, 5.74) is 0.458. The van der Waals surface area contributed by atoms with Gasteiger partial charge in [-0.2, -0.15) is 0 Å². The van der Waals surface area contributed by atoms with Crippen molar-refractivity contribution in [2.45, 2.75) is 25.4 Å². The lowest BCUT2D eigenvalue weighted by Gasteiger charge is -2.22. The number of anilines is 1. The molecule has 5 nitrogen and oxygen atoms in total. The molecule has 0 bridgehead atoms. The molecule has 2 heterocycles. The molecule has 104 valence electrons. The number of hydrogen-bond donors (Lipinski definition) is 2. The summed E-state index contributed by atoms with van der Waals surface area (Å²) in [5.74, 6) is 0.389. The molecular formula is C13H18ClN3O2. The number of halogens is 1. The van der Waals surface area contributed by atoms with Gasteiger partial charge in [-0.1, -0.05) is 11.6 Å². The molecule has 1 saturated heterocycles. The van der Waals surface area contributed by atoms with E-state index in [4.69, 9.17) is 16.3 Å². The highest BCUT2D eigenvalue weighted by Gasteiger charge is 2.16. The number of pyridine rings is 1. The van der Waals surface area contributed by atoms with Gasteiger partial charge in [0.1, 0.15) is 5.82 Å². The molecule has 1 unspecified atom stereocenters. The van der Waals surface area contributed by atoms with Crippen LogP contribution in [0.25, 0.3) is 0 Å². The van der Waals surface area contributed by atoms with Gasteiger partial charge >= 0.3 is 0 Å². The maximum absolute atomic E-state index is 12.0. The number of rotatable bonds is 4. The number of ether oxygens (including phenoxy) is 1. The molecule has 1 amide bonds. The Labute approximate surface area is 117 Å². The van der Waals surface area contributed by atoms with Crippen molar-refractivity contribution in [1.82, 2.24) is 10.3 Å². The summed E-state index contributed by atoms with van der Waals surface area (Å²) in [4.78, 5) is 16.0. The van der Waals surface area contributed by atoms with Crippen molar-refractivity contribution in [3.05, 3.63) is 22.8 Å². The molecule has 0 aliphatic carbocycles. The Hall–Kier alpha value is -1.33. The molecule has 0 aromatic carbocycles. The van der Waals surface area contributed by atoms with Crippen LogP contribution in [0.3, 0.4) is 0 Å². The number of amides is 1. The molecule has 1 aromatic rings. The van der Waals surface area contributed by atoms with Gasteiger partial charge in [0.15, 0.2) is 0 Å². The molecule has 2 rings (SSSR count). The van der Waals surface area contributed by atoms with Gasteiger partial charge in [-0.05, 0) is 25.3 Å². The lowest BCUT2D eigenvalue weighted by Crippen LogP contribution is -2.35. The fourth-order valence-corrected chi connectivity index (χ4v) is 2.28. The van der Waals surface area contributed by atoms with E-state index in [0.29, 0.717) is 22.9 Å². The highest BCUT2D eigenvalue weighted by molar-refractivity contribution is 6.33. The molecule has 0 saturated carbocycles. The Morgan fingerprint density at radius 2 is 2.42 bits per heavy atom. The normalized spacial score (nSPS) is 18.9. The number of hydrogen-bond acceptors (Lipinski definition) is 4. The van der Waals surface area contributed by atoms with Gasteiger partial charge in [0, 0.05) is 26.4 Å². The fraction of sp³-hybridized carbons (Fsp3) is 0.538. The van der Waals surface area contributed by atoms with Gasteiger partial charge in [-0.25, -0.2) is 4.98 Å².